The number of likely N-dealkylation sites (tertiary alicyclic amines) is 1. The summed E-state index contributed by atoms with van der Waals surface area (Å²) in [7, 11) is 0. The van der Waals surface area contributed by atoms with Gasteiger partial charge in [-0.25, -0.2) is 0 Å². The van der Waals surface area contributed by atoms with Crippen molar-refractivity contribution in [2.24, 2.45) is 0 Å². The molecule has 0 bridgehead atoms. The van der Waals surface area contributed by atoms with Crippen molar-refractivity contribution in [1.29, 1.82) is 0 Å². The number of hydrogen-bond acceptors (Lipinski definition) is 3. The van der Waals surface area contributed by atoms with Gasteiger partial charge in [-0.05, 0) is 0 Å². The van der Waals surface area contributed by atoms with Crippen LogP contribution in [0.4, 0.5) is 4.79 Å². The monoisotopic (exact) mass is 368 g/mol. The molecule has 1 aliphatic rings. The Kier molecular flexibility index (Phi) is 3.91. The molecule has 3 rings (SSSR count). The van der Waals surface area contributed by atoms with Crippen molar-refractivity contribution in [3.05, 3.63) is 34.6 Å². The van der Waals surface area contributed by atoms with Gasteiger partial charge in [0.1, 0.15) is 0 Å². The summed E-state index contributed by atoms with van der Waals surface area (Å²) in [4.78, 5) is 26.3. The van der Waals surface area contributed by atoms with Gasteiger partial charge in [-0.3, -0.25) is 0 Å². The fourth-order valence-corrected chi connectivity index (χ4v) is 4.98. The molecule has 0 saturated carbocycles. The van der Waals surface area contributed by atoms with Gasteiger partial charge in [0, 0.05) is 0 Å². The van der Waals surface area contributed by atoms with E-state index in [4.69, 9.17) is 4.74 Å². The van der Waals surface area contributed by atoms with Crippen LogP contribution in [0.5, 0.6) is 0 Å². The molecule has 1 amide bonds. The van der Waals surface area contributed by atoms with Crippen molar-refractivity contribution < 1.29 is 9.53 Å². The zero-order valence-electron chi connectivity index (χ0n) is 13.0. The Hall–Kier alpha value is -1.52. The van der Waals surface area contributed by atoms with Crippen molar-refractivity contribution in [1.82, 2.24) is 8.46 Å². The number of benzene rings is 1. The van der Waals surface area contributed by atoms with E-state index < -0.39 is 5.60 Å². The van der Waals surface area contributed by atoms with E-state index in [1.807, 2.05) is 48.6 Å². The molecular weight excluding hydrogens is 347 g/mol. The number of ether oxygens (including phenoxy) is 1. The summed E-state index contributed by atoms with van der Waals surface area (Å²) >= 11 is 0.0162. The number of fused-ring (bicyclic) bond motifs is 1. The fraction of sp³-hybridized carbons (Fsp3) is 0.500. The average Bonchev–Trinajstić information content (AvgIpc) is 3.03. The molecule has 0 unspecified atom stereocenters. The molecule has 1 saturated heterocycles. The molecule has 0 N–H and O–H groups in total. The van der Waals surface area contributed by atoms with Crippen molar-refractivity contribution in [3.8, 4) is 0 Å². The molecule has 1 aromatic heterocycles. The molecule has 0 radical (unpaired) electrons. The number of rotatable bonds is 1. The van der Waals surface area contributed by atoms with Crippen LogP contribution in [0.2, 0.25) is 0 Å². The second kappa shape index (κ2) is 5.60. The zero-order valence-corrected chi connectivity index (χ0v) is 14.7. The summed E-state index contributed by atoms with van der Waals surface area (Å²) in [5.74, 6) is 0. The molecule has 22 heavy (non-hydrogen) atoms. The molecule has 2 aromatic rings. The van der Waals surface area contributed by atoms with Gasteiger partial charge >= 0.3 is 135 Å². The van der Waals surface area contributed by atoms with E-state index in [-0.39, 0.29) is 32.4 Å². The number of hydrogen-bond donors (Lipinski definition) is 0. The first-order valence-electron chi connectivity index (χ1n) is 7.43. The summed E-state index contributed by atoms with van der Waals surface area (Å²) in [5.41, 5.74) is -0.384. The normalized spacial score (nSPS) is 18.9. The van der Waals surface area contributed by atoms with Crippen LogP contribution < -0.4 is 5.56 Å². The third-order valence-electron chi connectivity index (χ3n) is 3.66. The maximum absolute atomic E-state index is 12.5. The average molecular weight is 367 g/mol. The molecule has 1 aliphatic heterocycles. The summed E-state index contributed by atoms with van der Waals surface area (Å²) in [5, 5.41) is 0.818. The number of aromatic nitrogens is 1. The fourth-order valence-electron chi connectivity index (χ4n) is 2.65. The van der Waals surface area contributed by atoms with Crippen LogP contribution in [-0.2, 0) is 4.74 Å². The Morgan fingerprint density at radius 1 is 1.32 bits per heavy atom. The van der Waals surface area contributed by atoms with E-state index in [1.54, 1.807) is 4.90 Å². The number of carbonyl (C=O) groups excluding carboxylic acids is 1. The van der Waals surface area contributed by atoms with E-state index >= 15 is 0 Å². The Morgan fingerprint density at radius 2 is 2.05 bits per heavy atom. The van der Waals surface area contributed by atoms with Crippen molar-refractivity contribution >= 4 is 30.5 Å². The maximum atomic E-state index is 12.5. The van der Waals surface area contributed by atoms with E-state index in [9.17, 15) is 9.59 Å². The van der Waals surface area contributed by atoms with E-state index in [2.05, 4.69) is 0 Å². The SMILES string of the molecule is CC(C)(C)OC(=O)N1CC[C@@H](n2[se]c3ccccc3c2=O)C1. The van der Waals surface area contributed by atoms with Gasteiger partial charge in [-0.15, -0.1) is 0 Å². The second-order valence-electron chi connectivity index (χ2n) is 6.59. The van der Waals surface area contributed by atoms with Crippen LogP contribution in [0.3, 0.4) is 0 Å². The van der Waals surface area contributed by atoms with Crippen molar-refractivity contribution in [2.45, 2.75) is 38.8 Å². The predicted molar refractivity (Wildman–Crippen MR) is 86.6 cm³/mol. The van der Waals surface area contributed by atoms with Gasteiger partial charge in [0.25, 0.3) is 0 Å². The Balaban J connectivity index is 1.78. The molecule has 5 nitrogen and oxygen atoms in total. The van der Waals surface area contributed by atoms with E-state index in [1.165, 1.54) is 0 Å². The Bertz CT molecular complexity index is 757. The minimum absolute atomic E-state index is 0.0162. The Labute approximate surface area is 135 Å². The Morgan fingerprint density at radius 3 is 2.73 bits per heavy atom. The molecular formula is C16H20N2O3Se. The number of nitrogens with zero attached hydrogens (tertiary/aromatic N) is 2. The molecule has 2 heterocycles. The molecule has 1 atom stereocenters. The van der Waals surface area contributed by atoms with E-state index in [0.717, 1.165) is 16.1 Å². The molecule has 118 valence electrons. The quantitative estimate of drug-likeness (QED) is 0.727. The summed E-state index contributed by atoms with van der Waals surface area (Å²) in [6.45, 7) is 6.80. The van der Waals surface area contributed by atoms with Crippen molar-refractivity contribution in [3.63, 3.8) is 0 Å². The van der Waals surface area contributed by atoms with Crippen LogP contribution in [0.1, 0.15) is 33.2 Å². The molecule has 1 fully saturated rings. The van der Waals surface area contributed by atoms with E-state index in [0.29, 0.717) is 13.1 Å². The van der Waals surface area contributed by atoms with Gasteiger partial charge in [-0.1, -0.05) is 0 Å². The summed E-state index contributed by atoms with van der Waals surface area (Å²) in [6.07, 6.45) is 0.535. The van der Waals surface area contributed by atoms with Gasteiger partial charge in [0.15, 0.2) is 0 Å². The number of amides is 1. The number of carbonyl (C=O) groups is 1. The first-order chi connectivity index (χ1) is 10.3. The van der Waals surface area contributed by atoms with Crippen LogP contribution in [0.25, 0.3) is 9.65 Å². The van der Waals surface area contributed by atoms with Gasteiger partial charge in [-0.2, -0.15) is 0 Å². The van der Waals surface area contributed by atoms with Crippen LogP contribution >= 0.6 is 0 Å². The topological polar surface area (TPSA) is 51.5 Å². The molecule has 0 spiro atoms. The summed E-state index contributed by atoms with van der Waals surface area (Å²) < 4.78 is 8.49. The summed E-state index contributed by atoms with van der Waals surface area (Å²) in [6, 6.07) is 7.89. The molecule has 6 heteroatoms. The van der Waals surface area contributed by atoms with Crippen LogP contribution in [0.15, 0.2) is 29.1 Å². The second-order valence-corrected chi connectivity index (χ2v) is 8.72. The zero-order chi connectivity index (χ0) is 15.9. The van der Waals surface area contributed by atoms with Gasteiger partial charge in [0.05, 0.1) is 0 Å². The van der Waals surface area contributed by atoms with Crippen LogP contribution in [-0.4, -0.2) is 48.0 Å². The van der Waals surface area contributed by atoms with Gasteiger partial charge in [0.2, 0.25) is 0 Å². The first kappa shape index (κ1) is 15.4. The minimum atomic E-state index is -0.487. The predicted octanol–water partition coefficient (Wildman–Crippen LogP) is 2.24. The van der Waals surface area contributed by atoms with Crippen LogP contribution in [0, 0.1) is 0 Å². The van der Waals surface area contributed by atoms with Crippen molar-refractivity contribution in [2.75, 3.05) is 13.1 Å². The molecule has 1 aromatic carbocycles. The third-order valence-corrected chi connectivity index (χ3v) is 6.21. The third kappa shape index (κ3) is 2.99. The molecule has 0 aliphatic carbocycles. The van der Waals surface area contributed by atoms with Gasteiger partial charge < -0.3 is 0 Å². The first-order valence-corrected chi connectivity index (χ1v) is 9.06. The standard InChI is InChI=1S/C16H20N2O3Se/c1-16(2,3)21-15(20)17-9-8-11(10-17)18-14(19)12-6-4-5-7-13(12)22-18/h4-7,11H,8-10H2,1-3H3/t11-/m1/s1.